The van der Waals surface area contributed by atoms with Gasteiger partial charge in [0.15, 0.2) is 11.6 Å². The Bertz CT molecular complexity index is 475. The summed E-state index contributed by atoms with van der Waals surface area (Å²) in [6.45, 7) is 2.84. The zero-order chi connectivity index (χ0) is 14.0. The van der Waals surface area contributed by atoms with E-state index in [4.69, 9.17) is 9.47 Å². The summed E-state index contributed by atoms with van der Waals surface area (Å²) >= 11 is 0. The van der Waals surface area contributed by atoms with Crippen LogP contribution >= 0.6 is 0 Å². The summed E-state index contributed by atoms with van der Waals surface area (Å²) in [6, 6.07) is 3.87. The summed E-state index contributed by atoms with van der Waals surface area (Å²) in [5, 5.41) is 3.32. The molecule has 3 nitrogen and oxygen atoms in total. The van der Waals surface area contributed by atoms with Gasteiger partial charge in [-0.1, -0.05) is 6.07 Å². The van der Waals surface area contributed by atoms with Crippen molar-refractivity contribution in [2.24, 2.45) is 0 Å². The molecular formula is C15H19F2NO2. The van der Waals surface area contributed by atoms with Crippen LogP contribution in [0.4, 0.5) is 8.78 Å². The quantitative estimate of drug-likeness (QED) is 0.924. The van der Waals surface area contributed by atoms with Crippen molar-refractivity contribution in [2.75, 3.05) is 19.7 Å². The molecule has 3 rings (SSSR count). The molecule has 5 heteroatoms. The van der Waals surface area contributed by atoms with Crippen LogP contribution in [0.5, 0.6) is 0 Å². The summed E-state index contributed by atoms with van der Waals surface area (Å²) in [7, 11) is 0. The molecule has 2 saturated heterocycles. The van der Waals surface area contributed by atoms with Crippen LogP contribution in [-0.2, 0) is 16.1 Å². The van der Waals surface area contributed by atoms with Crippen molar-refractivity contribution in [3.8, 4) is 0 Å². The normalized spacial score (nSPS) is 25.2. The third kappa shape index (κ3) is 3.00. The molecule has 110 valence electrons. The molecule has 0 aliphatic carbocycles. The molecule has 20 heavy (non-hydrogen) atoms. The van der Waals surface area contributed by atoms with E-state index in [1.54, 1.807) is 6.07 Å². The number of nitrogens with one attached hydrogen (secondary N) is 1. The minimum Gasteiger partial charge on any atom is -0.372 e. The fraction of sp³-hybridized carbons (Fsp3) is 0.600. The molecule has 0 aromatic heterocycles. The van der Waals surface area contributed by atoms with Gasteiger partial charge in [-0.3, -0.25) is 0 Å². The van der Waals surface area contributed by atoms with Gasteiger partial charge in [-0.2, -0.15) is 0 Å². The topological polar surface area (TPSA) is 30.5 Å². The maximum absolute atomic E-state index is 13.1. The molecular weight excluding hydrogens is 264 g/mol. The van der Waals surface area contributed by atoms with Crippen LogP contribution in [-0.4, -0.2) is 31.4 Å². The van der Waals surface area contributed by atoms with Gasteiger partial charge < -0.3 is 14.8 Å². The smallest absolute Gasteiger partial charge is 0.159 e. The second kappa shape index (κ2) is 5.76. The Morgan fingerprint density at radius 2 is 2.05 bits per heavy atom. The van der Waals surface area contributed by atoms with Crippen LogP contribution in [0.2, 0.25) is 0 Å². The SMILES string of the molecule is Fc1ccc(COC2COC3(CCNCC3)C2)cc1F. The highest BCUT2D eigenvalue weighted by molar-refractivity contribution is 5.17. The van der Waals surface area contributed by atoms with Gasteiger partial charge >= 0.3 is 0 Å². The van der Waals surface area contributed by atoms with Crippen molar-refractivity contribution in [2.45, 2.75) is 37.6 Å². The second-order valence-electron chi connectivity index (χ2n) is 5.63. The van der Waals surface area contributed by atoms with Crippen LogP contribution in [0, 0.1) is 11.6 Å². The Balaban J connectivity index is 1.53. The maximum atomic E-state index is 13.1. The molecule has 0 saturated carbocycles. The zero-order valence-corrected chi connectivity index (χ0v) is 11.3. The third-order valence-electron chi connectivity index (χ3n) is 4.16. The predicted molar refractivity (Wildman–Crippen MR) is 70.3 cm³/mol. The molecule has 1 atom stereocenters. The molecule has 1 N–H and O–H groups in total. The van der Waals surface area contributed by atoms with Crippen LogP contribution in [0.3, 0.4) is 0 Å². The summed E-state index contributed by atoms with van der Waals surface area (Å²) in [4.78, 5) is 0. The molecule has 2 aliphatic rings. The fourth-order valence-corrected chi connectivity index (χ4v) is 2.98. The average Bonchev–Trinajstić information content (AvgIpc) is 2.84. The van der Waals surface area contributed by atoms with Gasteiger partial charge in [0.1, 0.15) is 0 Å². The lowest BCUT2D eigenvalue weighted by atomic mass is 9.89. The fourth-order valence-electron chi connectivity index (χ4n) is 2.98. The van der Waals surface area contributed by atoms with Crippen LogP contribution in [0.25, 0.3) is 0 Å². The summed E-state index contributed by atoms with van der Waals surface area (Å²) in [6.07, 6.45) is 2.95. The molecule has 1 aromatic rings. The lowest BCUT2D eigenvalue weighted by molar-refractivity contribution is -0.0241. The number of hydrogen-bond donors (Lipinski definition) is 1. The van der Waals surface area contributed by atoms with Gasteiger partial charge in [-0.25, -0.2) is 8.78 Å². The second-order valence-corrected chi connectivity index (χ2v) is 5.63. The first-order valence-corrected chi connectivity index (χ1v) is 7.07. The van der Waals surface area contributed by atoms with Gasteiger partial charge in [-0.15, -0.1) is 0 Å². The summed E-state index contributed by atoms with van der Waals surface area (Å²) in [5.41, 5.74) is 0.611. The van der Waals surface area contributed by atoms with Crippen molar-refractivity contribution < 1.29 is 18.3 Å². The van der Waals surface area contributed by atoms with Gasteiger partial charge in [0.25, 0.3) is 0 Å². The molecule has 1 spiro atoms. The van der Waals surface area contributed by atoms with Crippen molar-refractivity contribution in [3.63, 3.8) is 0 Å². The molecule has 1 aromatic carbocycles. The Morgan fingerprint density at radius 1 is 1.25 bits per heavy atom. The van der Waals surface area contributed by atoms with Crippen molar-refractivity contribution in [3.05, 3.63) is 35.4 Å². The van der Waals surface area contributed by atoms with E-state index in [9.17, 15) is 8.78 Å². The van der Waals surface area contributed by atoms with Crippen molar-refractivity contribution in [1.82, 2.24) is 5.32 Å². The van der Waals surface area contributed by atoms with Gasteiger partial charge in [0.05, 0.1) is 24.9 Å². The van der Waals surface area contributed by atoms with Gasteiger partial charge in [-0.05, 0) is 43.6 Å². The molecule has 1 unspecified atom stereocenters. The lowest BCUT2D eigenvalue weighted by Crippen LogP contribution is -2.41. The van der Waals surface area contributed by atoms with E-state index in [1.165, 1.54) is 6.07 Å². The van der Waals surface area contributed by atoms with Gasteiger partial charge in [0, 0.05) is 6.42 Å². The van der Waals surface area contributed by atoms with E-state index in [2.05, 4.69) is 5.32 Å². The number of piperidine rings is 1. The van der Waals surface area contributed by atoms with E-state index in [0.29, 0.717) is 18.8 Å². The molecule has 2 fully saturated rings. The molecule has 0 bridgehead atoms. The van der Waals surface area contributed by atoms with E-state index in [1.807, 2.05) is 0 Å². The maximum Gasteiger partial charge on any atom is 0.159 e. The lowest BCUT2D eigenvalue weighted by Gasteiger charge is -2.32. The Morgan fingerprint density at radius 3 is 2.80 bits per heavy atom. The molecule has 2 heterocycles. The Labute approximate surface area is 117 Å². The first-order chi connectivity index (χ1) is 9.67. The van der Waals surface area contributed by atoms with Crippen LogP contribution < -0.4 is 5.32 Å². The minimum absolute atomic E-state index is 0.0377. The van der Waals surface area contributed by atoms with Gasteiger partial charge in [0.2, 0.25) is 0 Å². The van der Waals surface area contributed by atoms with E-state index >= 15 is 0 Å². The number of halogens is 2. The minimum atomic E-state index is -0.830. The summed E-state index contributed by atoms with van der Waals surface area (Å²) < 4.78 is 37.6. The first-order valence-electron chi connectivity index (χ1n) is 7.07. The van der Waals surface area contributed by atoms with E-state index < -0.39 is 11.6 Å². The number of rotatable bonds is 3. The first kappa shape index (κ1) is 13.9. The van der Waals surface area contributed by atoms with Crippen LogP contribution in [0.1, 0.15) is 24.8 Å². The number of hydrogen-bond acceptors (Lipinski definition) is 3. The third-order valence-corrected chi connectivity index (χ3v) is 4.16. The highest BCUT2D eigenvalue weighted by Crippen LogP contribution is 2.35. The Kier molecular flexibility index (Phi) is 4.01. The average molecular weight is 283 g/mol. The Hall–Kier alpha value is -1.04. The van der Waals surface area contributed by atoms with Crippen LogP contribution in [0.15, 0.2) is 18.2 Å². The highest BCUT2D eigenvalue weighted by Gasteiger charge is 2.41. The largest absolute Gasteiger partial charge is 0.372 e. The zero-order valence-electron chi connectivity index (χ0n) is 11.3. The highest BCUT2D eigenvalue weighted by atomic mass is 19.2. The molecule has 2 aliphatic heterocycles. The summed E-state index contributed by atoms with van der Waals surface area (Å²) in [5.74, 6) is -1.66. The standard InChI is InChI=1S/C15H19F2NO2/c16-13-2-1-11(7-14(13)17)9-19-12-8-15(20-10-12)3-5-18-6-4-15/h1-2,7,12,18H,3-6,8-10H2. The van der Waals surface area contributed by atoms with Crippen molar-refractivity contribution in [1.29, 1.82) is 0 Å². The number of benzene rings is 1. The monoisotopic (exact) mass is 283 g/mol. The van der Waals surface area contributed by atoms with E-state index in [-0.39, 0.29) is 11.7 Å². The number of ether oxygens (including phenoxy) is 2. The van der Waals surface area contributed by atoms with Crippen molar-refractivity contribution >= 4 is 0 Å². The molecule has 0 radical (unpaired) electrons. The van der Waals surface area contributed by atoms with E-state index in [0.717, 1.165) is 38.4 Å². The molecule has 0 amide bonds. The predicted octanol–water partition coefficient (Wildman–Crippen LogP) is 2.39.